The molecule has 0 atom stereocenters. The maximum atomic E-state index is 13.2. The number of aromatic nitrogens is 6. The molecule has 0 aliphatic carbocycles. The zero-order valence-electron chi connectivity index (χ0n) is 17.7. The van der Waals surface area contributed by atoms with Gasteiger partial charge in [-0.1, -0.05) is 6.07 Å². The van der Waals surface area contributed by atoms with Gasteiger partial charge in [-0.2, -0.15) is 5.10 Å². The Hall–Kier alpha value is -4.14. The SMILES string of the molecule is Cc1nn(C)cc1-n1c(=O)n(C)c2cnc3ccc(-c4cncc(C(=O)CF)c4)cc3c21. The van der Waals surface area contributed by atoms with Crippen molar-refractivity contribution in [1.29, 1.82) is 0 Å². The van der Waals surface area contributed by atoms with Gasteiger partial charge < -0.3 is 0 Å². The van der Waals surface area contributed by atoms with E-state index in [2.05, 4.69) is 15.1 Å². The van der Waals surface area contributed by atoms with Crippen molar-refractivity contribution in [2.75, 3.05) is 6.67 Å². The predicted octanol–water partition coefficient (Wildman–Crippen LogP) is 3.13. The Bertz CT molecular complexity index is 1590. The van der Waals surface area contributed by atoms with E-state index in [4.69, 9.17) is 0 Å². The average Bonchev–Trinajstić information content (AvgIpc) is 3.27. The molecule has 5 aromatic rings. The molecule has 160 valence electrons. The van der Waals surface area contributed by atoms with Gasteiger partial charge in [-0.15, -0.1) is 0 Å². The summed E-state index contributed by atoms with van der Waals surface area (Å²) in [5, 5.41) is 5.15. The van der Waals surface area contributed by atoms with Crippen molar-refractivity contribution in [3.8, 4) is 16.8 Å². The van der Waals surface area contributed by atoms with E-state index in [-0.39, 0.29) is 11.3 Å². The summed E-state index contributed by atoms with van der Waals surface area (Å²) in [5.74, 6) is -0.617. The highest BCUT2D eigenvalue weighted by Gasteiger charge is 2.19. The van der Waals surface area contributed by atoms with Gasteiger partial charge in [0.1, 0.15) is 0 Å². The molecule has 0 saturated heterocycles. The number of carbonyl (C=O) groups is 1. The van der Waals surface area contributed by atoms with Crippen molar-refractivity contribution in [2.24, 2.45) is 14.1 Å². The zero-order valence-corrected chi connectivity index (χ0v) is 17.7. The Labute approximate surface area is 181 Å². The van der Waals surface area contributed by atoms with E-state index in [1.165, 1.54) is 6.20 Å². The van der Waals surface area contributed by atoms with Crippen LogP contribution >= 0.6 is 0 Å². The van der Waals surface area contributed by atoms with Crippen molar-refractivity contribution in [2.45, 2.75) is 6.92 Å². The molecule has 0 N–H and O–H groups in total. The van der Waals surface area contributed by atoms with Crippen LogP contribution < -0.4 is 5.69 Å². The highest BCUT2D eigenvalue weighted by atomic mass is 19.1. The van der Waals surface area contributed by atoms with E-state index in [1.54, 1.807) is 39.3 Å². The number of imidazole rings is 1. The minimum Gasteiger partial charge on any atom is -0.293 e. The topological polar surface area (TPSA) is 87.6 Å². The fourth-order valence-corrected chi connectivity index (χ4v) is 4.03. The van der Waals surface area contributed by atoms with E-state index < -0.39 is 12.5 Å². The lowest BCUT2D eigenvalue weighted by atomic mass is 10.0. The molecule has 1 aromatic carbocycles. The molecule has 5 rings (SSSR count). The molecular formula is C23H19FN6O2. The predicted molar refractivity (Wildman–Crippen MR) is 119 cm³/mol. The van der Waals surface area contributed by atoms with Gasteiger partial charge in [-0.3, -0.25) is 28.6 Å². The van der Waals surface area contributed by atoms with Crippen molar-refractivity contribution in [3.63, 3.8) is 0 Å². The summed E-state index contributed by atoms with van der Waals surface area (Å²) in [6.07, 6.45) is 6.46. The Morgan fingerprint density at radius 3 is 2.62 bits per heavy atom. The summed E-state index contributed by atoms with van der Waals surface area (Å²) in [6, 6.07) is 7.24. The first-order valence-corrected chi connectivity index (χ1v) is 9.94. The van der Waals surface area contributed by atoms with Crippen LogP contribution in [0.4, 0.5) is 4.39 Å². The van der Waals surface area contributed by atoms with Crippen LogP contribution in [0.1, 0.15) is 16.1 Å². The minimum atomic E-state index is -1.08. The summed E-state index contributed by atoms with van der Waals surface area (Å²) in [7, 11) is 3.52. The molecule has 9 heteroatoms. The highest BCUT2D eigenvalue weighted by molar-refractivity contribution is 6.05. The number of pyridine rings is 2. The second-order valence-corrected chi connectivity index (χ2v) is 7.69. The molecule has 4 aromatic heterocycles. The summed E-state index contributed by atoms with van der Waals surface area (Å²) >= 11 is 0. The Morgan fingerprint density at radius 2 is 1.91 bits per heavy atom. The molecule has 0 saturated carbocycles. The summed E-state index contributed by atoms with van der Waals surface area (Å²) in [4.78, 5) is 33.6. The summed E-state index contributed by atoms with van der Waals surface area (Å²) < 4.78 is 17.7. The monoisotopic (exact) mass is 430 g/mol. The van der Waals surface area contributed by atoms with Gasteiger partial charge >= 0.3 is 5.69 Å². The second-order valence-electron chi connectivity index (χ2n) is 7.69. The van der Waals surface area contributed by atoms with Gasteiger partial charge in [0.2, 0.25) is 0 Å². The van der Waals surface area contributed by atoms with Crippen LogP contribution in [-0.2, 0) is 14.1 Å². The number of hydrogen-bond acceptors (Lipinski definition) is 5. The van der Waals surface area contributed by atoms with Crippen LogP contribution in [0.25, 0.3) is 38.8 Å². The summed E-state index contributed by atoms with van der Waals surface area (Å²) in [6.45, 7) is 0.780. The number of halogens is 1. The maximum absolute atomic E-state index is 13.2. The van der Waals surface area contributed by atoms with Crippen molar-refractivity contribution < 1.29 is 9.18 Å². The molecule has 0 amide bonds. The molecule has 0 aliphatic rings. The first-order valence-electron chi connectivity index (χ1n) is 9.94. The van der Waals surface area contributed by atoms with Crippen LogP contribution in [0, 0.1) is 6.92 Å². The maximum Gasteiger partial charge on any atom is 0.333 e. The van der Waals surface area contributed by atoms with Crippen molar-refractivity contribution in [3.05, 3.63) is 70.8 Å². The molecule has 0 aliphatic heterocycles. The van der Waals surface area contributed by atoms with E-state index in [1.807, 2.05) is 38.4 Å². The molecule has 8 nitrogen and oxygen atoms in total. The fourth-order valence-electron chi connectivity index (χ4n) is 4.03. The Kier molecular flexibility index (Phi) is 4.47. The molecule has 0 spiro atoms. The van der Waals surface area contributed by atoms with E-state index in [9.17, 15) is 14.0 Å². The van der Waals surface area contributed by atoms with Gasteiger partial charge in [0.25, 0.3) is 0 Å². The van der Waals surface area contributed by atoms with Crippen LogP contribution in [0.15, 0.2) is 53.8 Å². The van der Waals surface area contributed by atoms with Crippen LogP contribution in [0.5, 0.6) is 0 Å². The van der Waals surface area contributed by atoms with Crippen LogP contribution in [-0.4, -0.2) is 41.3 Å². The molecule has 0 unspecified atom stereocenters. The smallest absolute Gasteiger partial charge is 0.293 e. The minimum absolute atomic E-state index is 0.201. The number of benzene rings is 1. The van der Waals surface area contributed by atoms with Gasteiger partial charge in [-0.05, 0) is 30.7 Å². The lowest BCUT2D eigenvalue weighted by Crippen LogP contribution is -2.21. The number of carbonyl (C=O) groups excluding carboxylic acids is 1. The molecule has 4 heterocycles. The molecule has 0 radical (unpaired) electrons. The van der Waals surface area contributed by atoms with Gasteiger partial charge in [0, 0.05) is 49.2 Å². The van der Waals surface area contributed by atoms with Crippen molar-refractivity contribution in [1.82, 2.24) is 28.9 Å². The third-order valence-electron chi connectivity index (χ3n) is 5.63. The largest absolute Gasteiger partial charge is 0.333 e. The first-order chi connectivity index (χ1) is 15.4. The standard InChI is InChI=1S/C23H19FN6O2/c1-13-20(12-28(2)27-13)30-22-17-7-14(15-6-16(10-25-9-15)21(31)8-24)4-5-18(17)26-11-19(22)29(3)23(30)32/h4-7,9-12H,8H2,1-3H3. The first kappa shape index (κ1) is 19.8. The third-order valence-corrected chi connectivity index (χ3v) is 5.63. The van der Waals surface area contributed by atoms with E-state index >= 15 is 0 Å². The Balaban J connectivity index is 1.82. The fraction of sp³-hybridized carbons (Fsp3) is 0.174. The van der Waals surface area contributed by atoms with Crippen LogP contribution in [0.3, 0.4) is 0 Å². The number of rotatable bonds is 4. The number of Topliss-reactive ketones (excluding diaryl/α,β-unsaturated/α-hetero) is 1. The molecule has 0 bridgehead atoms. The number of hydrogen-bond donors (Lipinski definition) is 0. The lowest BCUT2D eigenvalue weighted by Gasteiger charge is -2.08. The normalized spacial score (nSPS) is 11.5. The van der Waals surface area contributed by atoms with E-state index in [0.717, 1.165) is 16.6 Å². The molecule has 32 heavy (non-hydrogen) atoms. The quantitative estimate of drug-likeness (QED) is 0.409. The number of nitrogens with zero attached hydrogens (tertiary/aromatic N) is 6. The van der Waals surface area contributed by atoms with Gasteiger partial charge in [-0.25, -0.2) is 9.18 Å². The number of alkyl halides is 1. The van der Waals surface area contributed by atoms with Crippen LogP contribution in [0.2, 0.25) is 0 Å². The number of aryl methyl sites for hydroxylation is 3. The average molecular weight is 430 g/mol. The van der Waals surface area contributed by atoms with E-state index in [0.29, 0.717) is 27.8 Å². The number of ketones is 1. The zero-order chi connectivity index (χ0) is 22.6. The molecule has 0 fully saturated rings. The number of fused-ring (bicyclic) bond motifs is 3. The van der Waals surface area contributed by atoms with Gasteiger partial charge in [0.15, 0.2) is 12.5 Å². The van der Waals surface area contributed by atoms with Crippen molar-refractivity contribution >= 4 is 27.7 Å². The van der Waals surface area contributed by atoms with Gasteiger partial charge in [0.05, 0.1) is 34.1 Å². The highest BCUT2D eigenvalue weighted by Crippen LogP contribution is 2.30. The Morgan fingerprint density at radius 1 is 1.09 bits per heavy atom. The summed E-state index contributed by atoms with van der Waals surface area (Å²) in [5.41, 5.74) is 4.99. The molecular weight excluding hydrogens is 411 g/mol. The third kappa shape index (κ3) is 2.93. The lowest BCUT2D eigenvalue weighted by molar-refractivity contribution is 0.0958. The second kappa shape index (κ2) is 7.23.